The first-order chi connectivity index (χ1) is 10.3. The van der Waals surface area contributed by atoms with Gasteiger partial charge in [-0.05, 0) is 37.2 Å². The Morgan fingerprint density at radius 1 is 1.04 bits per heavy atom. The van der Waals surface area contributed by atoms with Crippen LogP contribution < -0.4 is 4.90 Å². The fourth-order valence-electron chi connectivity index (χ4n) is 2.88. The number of rotatable bonds is 4. The molecule has 0 N–H and O–H groups in total. The van der Waals surface area contributed by atoms with Crippen molar-refractivity contribution < 1.29 is 0 Å². The summed E-state index contributed by atoms with van der Waals surface area (Å²) in [5, 5.41) is 1.91. The SMILES string of the molecule is Cl.Cl.ClCCCN1CCN(c2ccnc3cc(Cl)ccc23)CC1. The van der Waals surface area contributed by atoms with Crippen LogP contribution in [0, 0.1) is 0 Å². The predicted molar refractivity (Wildman–Crippen MR) is 105 cm³/mol. The van der Waals surface area contributed by atoms with Crippen LogP contribution in [0.1, 0.15) is 6.42 Å². The second-order valence-electron chi connectivity index (χ2n) is 5.36. The molecule has 2 heterocycles. The van der Waals surface area contributed by atoms with Crippen LogP contribution in [-0.4, -0.2) is 48.5 Å². The van der Waals surface area contributed by atoms with E-state index < -0.39 is 0 Å². The van der Waals surface area contributed by atoms with Gasteiger partial charge in [-0.3, -0.25) is 9.88 Å². The van der Waals surface area contributed by atoms with E-state index in [0.717, 1.165) is 55.6 Å². The van der Waals surface area contributed by atoms with Crippen molar-refractivity contribution in [1.82, 2.24) is 9.88 Å². The summed E-state index contributed by atoms with van der Waals surface area (Å²) in [6, 6.07) is 8.04. The number of aromatic nitrogens is 1. The fourth-order valence-corrected chi connectivity index (χ4v) is 3.16. The molecular weight excluding hydrogens is 376 g/mol. The molecular formula is C16H21Cl4N3. The Labute approximate surface area is 159 Å². The van der Waals surface area contributed by atoms with Gasteiger partial charge in [0.2, 0.25) is 0 Å². The molecule has 1 saturated heterocycles. The van der Waals surface area contributed by atoms with E-state index in [-0.39, 0.29) is 24.8 Å². The molecule has 0 atom stereocenters. The molecule has 0 saturated carbocycles. The zero-order chi connectivity index (χ0) is 14.7. The third-order valence-corrected chi connectivity index (χ3v) is 4.51. The lowest BCUT2D eigenvalue weighted by atomic mass is 10.1. The van der Waals surface area contributed by atoms with Crippen LogP contribution >= 0.6 is 48.0 Å². The quantitative estimate of drug-likeness (QED) is 0.710. The lowest BCUT2D eigenvalue weighted by Gasteiger charge is -2.36. The molecule has 0 radical (unpaired) electrons. The highest BCUT2D eigenvalue weighted by atomic mass is 35.5. The van der Waals surface area contributed by atoms with Gasteiger partial charge in [-0.2, -0.15) is 0 Å². The number of hydrogen-bond acceptors (Lipinski definition) is 3. The average Bonchev–Trinajstić information content (AvgIpc) is 2.52. The van der Waals surface area contributed by atoms with Gasteiger partial charge in [0.05, 0.1) is 5.52 Å². The van der Waals surface area contributed by atoms with Gasteiger partial charge in [-0.1, -0.05) is 11.6 Å². The van der Waals surface area contributed by atoms with Crippen LogP contribution in [0.25, 0.3) is 10.9 Å². The number of piperazine rings is 1. The maximum atomic E-state index is 6.05. The molecule has 3 rings (SSSR count). The van der Waals surface area contributed by atoms with Gasteiger partial charge in [0.1, 0.15) is 0 Å². The molecule has 7 heteroatoms. The van der Waals surface area contributed by atoms with Crippen molar-refractivity contribution in [3.63, 3.8) is 0 Å². The Bertz CT molecular complexity index is 615. The lowest BCUT2D eigenvalue weighted by Crippen LogP contribution is -2.46. The largest absolute Gasteiger partial charge is 0.368 e. The van der Waals surface area contributed by atoms with E-state index in [4.69, 9.17) is 23.2 Å². The summed E-state index contributed by atoms with van der Waals surface area (Å²) in [6.45, 7) is 5.38. The highest BCUT2D eigenvalue weighted by Crippen LogP contribution is 2.28. The molecule has 23 heavy (non-hydrogen) atoms. The van der Waals surface area contributed by atoms with Gasteiger partial charge in [0.15, 0.2) is 0 Å². The Morgan fingerprint density at radius 2 is 1.78 bits per heavy atom. The highest BCUT2D eigenvalue weighted by molar-refractivity contribution is 6.31. The van der Waals surface area contributed by atoms with Gasteiger partial charge in [0, 0.05) is 54.4 Å². The maximum Gasteiger partial charge on any atom is 0.0737 e. The van der Waals surface area contributed by atoms with Crippen molar-refractivity contribution in [1.29, 1.82) is 0 Å². The Balaban J connectivity index is 0.00000132. The highest BCUT2D eigenvalue weighted by Gasteiger charge is 2.18. The summed E-state index contributed by atoms with van der Waals surface area (Å²) in [7, 11) is 0. The minimum atomic E-state index is 0. The molecule has 1 aromatic carbocycles. The Kier molecular flexibility index (Phi) is 8.73. The van der Waals surface area contributed by atoms with Crippen LogP contribution in [0.3, 0.4) is 0 Å². The van der Waals surface area contributed by atoms with E-state index in [0.29, 0.717) is 0 Å². The molecule has 0 unspecified atom stereocenters. The van der Waals surface area contributed by atoms with E-state index in [1.54, 1.807) is 0 Å². The first-order valence-electron chi connectivity index (χ1n) is 7.35. The van der Waals surface area contributed by atoms with Crippen molar-refractivity contribution in [2.24, 2.45) is 0 Å². The number of pyridine rings is 1. The number of alkyl halides is 1. The second-order valence-corrected chi connectivity index (χ2v) is 6.18. The summed E-state index contributed by atoms with van der Waals surface area (Å²) < 4.78 is 0. The number of nitrogens with zero attached hydrogens (tertiary/aromatic N) is 3. The normalized spacial score (nSPS) is 15.1. The molecule has 0 amide bonds. The monoisotopic (exact) mass is 395 g/mol. The Hall–Kier alpha value is -0.450. The van der Waals surface area contributed by atoms with Crippen LogP contribution in [0.5, 0.6) is 0 Å². The molecule has 1 aliphatic heterocycles. The molecule has 1 fully saturated rings. The molecule has 0 bridgehead atoms. The molecule has 3 nitrogen and oxygen atoms in total. The van der Waals surface area contributed by atoms with E-state index in [2.05, 4.69) is 26.9 Å². The zero-order valence-corrected chi connectivity index (χ0v) is 15.9. The summed E-state index contributed by atoms with van der Waals surface area (Å²) in [5.74, 6) is 0.746. The molecule has 0 spiro atoms. The van der Waals surface area contributed by atoms with E-state index in [9.17, 15) is 0 Å². The summed E-state index contributed by atoms with van der Waals surface area (Å²) in [5.41, 5.74) is 2.22. The third kappa shape index (κ3) is 5.01. The van der Waals surface area contributed by atoms with E-state index in [1.165, 1.54) is 11.1 Å². The van der Waals surface area contributed by atoms with Crippen LogP contribution in [-0.2, 0) is 0 Å². The first-order valence-corrected chi connectivity index (χ1v) is 8.27. The fraction of sp³-hybridized carbons (Fsp3) is 0.438. The molecule has 0 aliphatic carbocycles. The van der Waals surface area contributed by atoms with Crippen molar-refractivity contribution in [2.75, 3.05) is 43.5 Å². The van der Waals surface area contributed by atoms with E-state index in [1.807, 2.05) is 18.3 Å². The van der Waals surface area contributed by atoms with E-state index >= 15 is 0 Å². The molecule has 2 aromatic rings. The smallest absolute Gasteiger partial charge is 0.0737 e. The van der Waals surface area contributed by atoms with Gasteiger partial charge in [-0.15, -0.1) is 36.4 Å². The predicted octanol–water partition coefficient (Wildman–Crippen LogP) is 4.48. The standard InChI is InChI=1S/C16H19Cl2N3.2ClH/c17-5-1-7-20-8-10-21(11-9-20)16-4-6-19-15-12-13(18)2-3-14(15)16;;/h2-4,6,12H,1,5,7-11H2;2*1H. The Morgan fingerprint density at radius 3 is 2.48 bits per heavy atom. The van der Waals surface area contributed by atoms with Crippen molar-refractivity contribution in [3.05, 3.63) is 35.5 Å². The lowest BCUT2D eigenvalue weighted by molar-refractivity contribution is 0.259. The minimum Gasteiger partial charge on any atom is -0.368 e. The van der Waals surface area contributed by atoms with Crippen LogP contribution in [0.2, 0.25) is 5.02 Å². The zero-order valence-electron chi connectivity index (χ0n) is 12.8. The molecule has 128 valence electrons. The number of halogens is 4. The summed E-state index contributed by atoms with van der Waals surface area (Å²) in [4.78, 5) is 9.34. The van der Waals surface area contributed by atoms with Crippen molar-refractivity contribution in [2.45, 2.75) is 6.42 Å². The second kappa shape index (κ2) is 9.75. The third-order valence-electron chi connectivity index (χ3n) is 4.00. The number of anilines is 1. The average molecular weight is 397 g/mol. The molecule has 1 aromatic heterocycles. The minimum absolute atomic E-state index is 0. The van der Waals surface area contributed by atoms with Gasteiger partial charge in [-0.25, -0.2) is 0 Å². The molecule has 1 aliphatic rings. The van der Waals surface area contributed by atoms with Gasteiger partial charge < -0.3 is 4.90 Å². The number of fused-ring (bicyclic) bond motifs is 1. The first kappa shape index (κ1) is 20.6. The van der Waals surface area contributed by atoms with Gasteiger partial charge in [0.25, 0.3) is 0 Å². The summed E-state index contributed by atoms with van der Waals surface area (Å²) in [6.07, 6.45) is 2.94. The van der Waals surface area contributed by atoms with Gasteiger partial charge >= 0.3 is 0 Å². The number of benzene rings is 1. The topological polar surface area (TPSA) is 19.4 Å². The van der Waals surface area contributed by atoms with Crippen LogP contribution in [0.4, 0.5) is 5.69 Å². The number of hydrogen-bond donors (Lipinski definition) is 0. The van der Waals surface area contributed by atoms with Crippen molar-refractivity contribution >= 4 is 64.6 Å². The summed E-state index contributed by atoms with van der Waals surface area (Å²) >= 11 is 11.8. The maximum absolute atomic E-state index is 6.05. The van der Waals surface area contributed by atoms with Crippen LogP contribution in [0.15, 0.2) is 30.5 Å². The van der Waals surface area contributed by atoms with Crippen molar-refractivity contribution in [3.8, 4) is 0 Å².